The van der Waals surface area contributed by atoms with Crippen molar-refractivity contribution in [2.75, 3.05) is 19.0 Å². The highest BCUT2D eigenvalue weighted by Crippen LogP contribution is 2.14. The van der Waals surface area contributed by atoms with E-state index < -0.39 is 5.97 Å². The summed E-state index contributed by atoms with van der Waals surface area (Å²) in [6, 6.07) is 0. The van der Waals surface area contributed by atoms with E-state index in [1.807, 2.05) is 0 Å². The average Bonchev–Trinajstić information content (AvgIpc) is 2.18. The highest BCUT2D eigenvalue weighted by Gasteiger charge is 2.14. The fourth-order valence-corrected chi connectivity index (χ4v) is 1.03. The lowest BCUT2D eigenvalue weighted by Crippen LogP contribution is -2.11. The van der Waals surface area contributed by atoms with Gasteiger partial charge in [0.25, 0.3) is 0 Å². The first-order chi connectivity index (χ1) is 6.69. The number of carbonyl (C=O) groups is 1. The fraction of sp³-hybridized carbons (Fsp3) is 0.375. The van der Waals surface area contributed by atoms with Gasteiger partial charge in [-0.2, -0.15) is 0 Å². The quantitative estimate of drug-likeness (QED) is 0.609. The predicted octanol–water partition coefficient (Wildman–Crippen LogP) is 1.35. The minimum atomic E-state index is -0.513. The standard InChI is InChI=1S/C8H10ClN3O2/c1-3-14-7(13)6-5(10-2)4-11-8(9)12-6/h4,10H,3H2,1-2H3. The van der Waals surface area contributed by atoms with Crippen molar-refractivity contribution in [1.29, 1.82) is 0 Å². The van der Waals surface area contributed by atoms with Gasteiger partial charge < -0.3 is 10.1 Å². The molecule has 0 aliphatic rings. The molecule has 0 saturated carbocycles. The number of hydrogen-bond donors (Lipinski definition) is 1. The molecule has 1 rings (SSSR count). The van der Waals surface area contributed by atoms with Gasteiger partial charge in [-0.1, -0.05) is 0 Å². The molecule has 0 bridgehead atoms. The Morgan fingerprint density at radius 2 is 2.43 bits per heavy atom. The first-order valence-electron chi connectivity index (χ1n) is 4.06. The van der Waals surface area contributed by atoms with Crippen molar-refractivity contribution in [3.8, 4) is 0 Å². The third-order valence-corrected chi connectivity index (χ3v) is 1.68. The molecule has 1 aromatic rings. The van der Waals surface area contributed by atoms with Gasteiger partial charge in [0.1, 0.15) is 0 Å². The lowest BCUT2D eigenvalue weighted by molar-refractivity contribution is 0.0520. The highest BCUT2D eigenvalue weighted by atomic mass is 35.5. The zero-order chi connectivity index (χ0) is 10.6. The molecule has 0 fully saturated rings. The number of carbonyl (C=O) groups excluding carboxylic acids is 1. The second-order valence-corrected chi connectivity index (χ2v) is 2.71. The Bertz CT molecular complexity index is 343. The lowest BCUT2D eigenvalue weighted by atomic mass is 10.3. The number of nitrogens with one attached hydrogen (secondary N) is 1. The van der Waals surface area contributed by atoms with Crippen molar-refractivity contribution in [3.05, 3.63) is 17.2 Å². The van der Waals surface area contributed by atoms with Gasteiger partial charge in [0, 0.05) is 7.05 Å². The number of nitrogens with zero attached hydrogens (tertiary/aromatic N) is 2. The van der Waals surface area contributed by atoms with Crippen LogP contribution in [0.5, 0.6) is 0 Å². The molecule has 0 spiro atoms. The third kappa shape index (κ3) is 2.32. The SMILES string of the molecule is CCOC(=O)c1nc(Cl)ncc1NC. The topological polar surface area (TPSA) is 64.1 Å². The van der Waals surface area contributed by atoms with Crippen LogP contribution in [0.1, 0.15) is 17.4 Å². The Labute approximate surface area is 86.5 Å². The second kappa shape index (κ2) is 4.76. The number of anilines is 1. The van der Waals surface area contributed by atoms with Gasteiger partial charge in [-0.05, 0) is 18.5 Å². The molecule has 0 atom stereocenters. The number of esters is 1. The van der Waals surface area contributed by atoms with Crippen molar-refractivity contribution in [2.45, 2.75) is 6.92 Å². The molecular weight excluding hydrogens is 206 g/mol. The number of halogens is 1. The summed E-state index contributed by atoms with van der Waals surface area (Å²) in [7, 11) is 1.66. The summed E-state index contributed by atoms with van der Waals surface area (Å²) >= 11 is 5.56. The van der Waals surface area contributed by atoms with Crippen molar-refractivity contribution in [1.82, 2.24) is 9.97 Å². The summed E-state index contributed by atoms with van der Waals surface area (Å²) in [5, 5.41) is 2.80. The summed E-state index contributed by atoms with van der Waals surface area (Å²) in [5.74, 6) is -0.513. The molecule has 14 heavy (non-hydrogen) atoms. The molecule has 0 amide bonds. The van der Waals surface area contributed by atoms with Crippen LogP contribution in [0, 0.1) is 0 Å². The van der Waals surface area contributed by atoms with Crippen LogP contribution in [-0.4, -0.2) is 29.6 Å². The molecule has 76 valence electrons. The molecule has 1 N–H and O–H groups in total. The summed E-state index contributed by atoms with van der Waals surface area (Å²) in [4.78, 5) is 18.9. The Kier molecular flexibility index (Phi) is 3.64. The van der Waals surface area contributed by atoms with E-state index >= 15 is 0 Å². The number of ether oxygens (including phenoxy) is 1. The van der Waals surface area contributed by atoms with Crippen LogP contribution in [-0.2, 0) is 4.74 Å². The van der Waals surface area contributed by atoms with Gasteiger partial charge in [-0.3, -0.25) is 0 Å². The van der Waals surface area contributed by atoms with Crippen LogP contribution >= 0.6 is 11.6 Å². The second-order valence-electron chi connectivity index (χ2n) is 2.37. The maximum atomic E-state index is 11.4. The van der Waals surface area contributed by atoms with Gasteiger partial charge in [0.15, 0.2) is 5.69 Å². The Morgan fingerprint density at radius 1 is 1.71 bits per heavy atom. The van der Waals surface area contributed by atoms with E-state index in [2.05, 4.69) is 15.3 Å². The third-order valence-electron chi connectivity index (χ3n) is 1.50. The van der Waals surface area contributed by atoms with E-state index in [9.17, 15) is 4.79 Å². The highest BCUT2D eigenvalue weighted by molar-refractivity contribution is 6.28. The van der Waals surface area contributed by atoms with Crippen molar-refractivity contribution >= 4 is 23.3 Å². The molecular formula is C8H10ClN3O2. The zero-order valence-corrected chi connectivity index (χ0v) is 8.63. The van der Waals surface area contributed by atoms with Crippen LogP contribution in [0.25, 0.3) is 0 Å². The Balaban J connectivity index is 3.03. The minimum Gasteiger partial charge on any atom is -0.461 e. The van der Waals surface area contributed by atoms with Gasteiger partial charge in [0.2, 0.25) is 5.28 Å². The monoisotopic (exact) mass is 215 g/mol. The van der Waals surface area contributed by atoms with E-state index in [1.54, 1.807) is 14.0 Å². The molecule has 0 aliphatic carbocycles. The van der Waals surface area contributed by atoms with Crippen LogP contribution in [0.2, 0.25) is 5.28 Å². The van der Waals surface area contributed by atoms with Gasteiger partial charge in [0.05, 0.1) is 18.5 Å². The van der Waals surface area contributed by atoms with Crippen LogP contribution < -0.4 is 5.32 Å². The molecule has 1 aromatic heterocycles. The van der Waals surface area contributed by atoms with Crippen LogP contribution in [0.15, 0.2) is 6.20 Å². The maximum Gasteiger partial charge on any atom is 0.359 e. The van der Waals surface area contributed by atoms with E-state index in [4.69, 9.17) is 16.3 Å². The van der Waals surface area contributed by atoms with Crippen molar-refractivity contribution in [3.63, 3.8) is 0 Å². The van der Waals surface area contributed by atoms with E-state index in [0.29, 0.717) is 12.3 Å². The summed E-state index contributed by atoms with van der Waals surface area (Å²) in [5.41, 5.74) is 0.641. The van der Waals surface area contributed by atoms with E-state index in [-0.39, 0.29) is 11.0 Å². The van der Waals surface area contributed by atoms with Crippen molar-refractivity contribution in [2.24, 2.45) is 0 Å². The van der Waals surface area contributed by atoms with E-state index in [0.717, 1.165) is 0 Å². The summed E-state index contributed by atoms with van der Waals surface area (Å²) in [6.07, 6.45) is 1.43. The molecule has 0 saturated heterocycles. The number of aromatic nitrogens is 2. The molecule has 0 aromatic carbocycles. The first-order valence-corrected chi connectivity index (χ1v) is 4.44. The Morgan fingerprint density at radius 3 is 3.00 bits per heavy atom. The number of rotatable bonds is 3. The van der Waals surface area contributed by atoms with E-state index in [1.165, 1.54) is 6.20 Å². The van der Waals surface area contributed by atoms with Gasteiger partial charge in [-0.25, -0.2) is 14.8 Å². The molecule has 5 nitrogen and oxygen atoms in total. The normalized spacial score (nSPS) is 9.64. The lowest BCUT2D eigenvalue weighted by Gasteiger charge is -2.06. The summed E-state index contributed by atoms with van der Waals surface area (Å²) in [6.45, 7) is 2.02. The molecule has 1 heterocycles. The smallest absolute Gasteiger partial charge is 0.359 e. The fourth-order valence-electron chi connectivity index (χ4n) is 0.898. The van der Waals surface area contributed by atoms with Gasteiger partial charge in [-0.15, -0.1) is 0 Å². The zero-order valence-electron chi connectivity index (χ0n) is 7.87. The summed E-state index contributed by atoms with van der Waals surface area (Å²) < 4.78 is 4.80. The number of hydrogen-bond acceptors (Lipinski definition) is 5. The Hall–Kier alpha value is -1.36. The van der Waals surface area contributed by atoms with Crippen molar-refractivity contribution < 1.29 is 9.53 Å². The molecule has 0 unspecified atom stereocenters. The molecule has 0 aliphatic heterocycles. The largest absolute Gasteiger partial charge is 0.461 e. The maximum absolute atomic E-state index is 11.4. The minimum absolute atomic E-state index is 0.0204. The first kappa shape index (κ1) is 10.7. The molecule has 6 heteroatoms. The molecule has 0 radical (unpaired) electrons. The van der Waals surface area contributed by atoms with Crippen LogP contribution in [0.4, 0.5) is 5.69 Å². The predicted molar refractivity (Wildman–Crippen MR) is 52.5 cm³/mol. The van der Waals surface area contributed by atoms with Gasteiger partial charge >= 0.3 is 5.97 Å². The van der Waals surface area contributed by atoms with Crippen LogP contribution in [0.3, 0.4) is 0 Å². The average molecular weight is 216 g/mol.